The fraction of sp³-hybridized carbons (Fsp3) is 0.522. The predicted molar refractivity (Wildman–Crippen MR) is 117 cm³/mol. The number of benzene rings is 1. The van der Waals surface area contributed by atoms with E-state index < -0.39 is 0 Å². The maximum absolute atomic E-state index is 13.1. The first-order valence-electron chi connectivity index (χ1n) is 10.5. The van der Waals surface area contributed by atoms with Gasteiger partial charge in [0.25, 0.3) is 0 Å². The average molecular weight is 383 g/mol. The third kappa shape index (κ3) is 4.15. The van der Waals surface area contributed by atoms with Crippen molar-refractivity contribution in [2.45, 2.75) is 34.2 Å². The summed E-state index contributed by atoms with van der Waals surface area (Å²) in [6.07, 6.45) is 4.21. The van der Waals surface area contributed by atoms with E-state index in [4.69, 9.17) is 5.73 Å². The number of hydrogen-bond donors (Lipinski definition) is 2. The molecule has 3 N–H and O–H groups in total. The first kappa shape index (κ1) is 20.6. The number of nitrogens with two attached hydrogens (primary N) is 1. The van der Waals surface area contributed by atoms with Crippen LogP contribution >= 0.6 is 0 Å². The average Bonchev–Trinajstić information content (AvgIpc) is 3.11. The lowest BCUT2D eigenvalue weighted by atomic mass is 9.90. The Hall–Kier alpha value is -2.11. The molecule has 152 valence electrons. The minimum atomic E-state index is -0.0991. The van der Waals surface area contributed by atoms with Crippen LogP contribution in [0.5, 0.6) is 0 Å². The molecule has 1 aromatic heterocycles. The molecular weight excluding hydrogens is 348 g/mol. The quantitative estimate of drug-likeness (QED) is 0.771. The van der Waals surface area contributed by atoms with Crippen molar-refractivity contribution < 1.29 is 4.79 Å². The number of carbonyl (C=O) groups is 1. The lowest BCUT2D eigenvalue weighted by molar-refractivity contribution is -0.134. The maximum Gasteiger partial charge on any atom is 0.230 e. The van der Waals surface area contributed by atoms with E-state index >= 15 is 0 Å². The van der Waals surface area contributed by atoms with Gasteiger partial charge in [-0.25, -0.2) is 0 Å². The summed E-state index contributed by atoms with van der Waals surface area (Å²) in [6.45, 7) is 13.2. The molecule has 5 nitrogen and oxygen atoms in total. The minimum Gasteiger partial charge on any atom is -0.361 e. The van der Waals surface area contributed by atoms with Crippen LogP contribution < -0.4 is 5.73 Å². The van der Waals surface area contributed by atoms with E-state index in [0.717, 1.165) is 43.8 Å². The number of carbonyl (C=O) groups excluding carboxylic acids is 1. The highest BCUT2D eigenvalue weighted by molar-refractivity contribution is 5.96. The Morgan fingerprint density at radius 2 is 2.07 bits per heavy atom. The number of aromatic amines is 1. The number of fused-ring (bicyclic) bond motifs is 1. The molecular formula is C23H34N4O. The first-order chi connectivity index (χ1) is 13.5. The summed E-state index contributed by atoms with van der Waals surface area (Å²) in [5, 5.41) is 1.19. The van der Waals surface area contributed by atoms with Crippen molar-refractivity contribution in [3.8, 4) is 0 Å². The molecule has 2 heterocycles. The summed E-state index contributed by atoms with van der Waals surface area (Å²) in [6, 6.07) is 6.34. The van der Waals surface area contributed by atoms with Gasteiger partial charge < -0.3 is 15.6 Å². The van der Waals surface area contributed by atoms with Crippen LogP contribution in [-0.2, 0) is 11.3 Å². The van der Waals surface area contributed by atoms with Gasteiger partial charge in [0.1, 0.15) is 0 Å². The fourth-order valence-corrected chi connectivity index (χ4v) is 4.37. The first-order valence-corrected chi connectivity index (χ1v) is 10.5. The van der Waals surface area contributed by atoms with Gasteiger partial charge in [0.15, 0.2) is 0 Å². The molecule has 0 radical (unpaired) electrons. The van der Waals surface area contributed by atoms with Gasteiger partial charge in [0, 0.05) is 56.4 Å². The van der Waals surface area contributed by atoms with E-state index in [9.17, 15) is 4.79 Å². The van der Waals surface area contributed by atoms with Gasteiger partial charge in [-0.05, 0) is 42.5 Å². The second-order valence-electron chi connectivity index (χ2n) is 8.14. The van der Waals surface area contributed by atoms with Crippen LogP contribution in [0.4, 0.5) is 0 Å². The molecule has 0 spiro atoms. The Morgan fingerprint density at radius 1 is 1.32 bits per heavy atom. The Bertz CT molecular complexity index is 847. The standard InChI is InChI=1S/C23H34N4O/c1-5-27(6-2)23(28)18-10-17(14-26(15-18)13-16(3)4)20-8-7-9-21-22(20)19(11-24)12-25-21/h7-10,12,16,18,25H,5-6,11,13-15,24H2,1-4H3. The van der Waals surface area contributed by atoms with E-state index in [1.165, 1.54) is 16.5 Å². The number of amides is 1. The number of aromatic nitrogens is 1. The van der Waals surface area contributed by atoms with Crippen LogP contribution in [0.3, 0.4) is 0 Å². The lowest BCUT2D eigenvalue weighted by Gasteiger charge is -2.35. The van der Waals surface area contributed by atoms with Crippen molar-refractivity contribution in [2.24, 2.45) is 17.6 Å². The van der Waals surface area contributed by atoms with Crippen molar-refractivity contribution in [1.82, 2.24) is 14.8 Å². The molecule has 0 fully saturated rings. The molecule has 1 aromatic carbocycles. The highest BCUT2D eigenvalue weighted by atomic mass is 16.2. The molecule has 0 saturated carbocycles. The zero-order valence-electron chi connectivity index (χ0n) is 17.7. The topological polar surface area (TPSA) is 65.4 Å². The molecule has 2 aromatic rings. The second kappa shape index (κ2) is 8.93. The predicted octanol–water partition coefficient (Wildman–Crippen LogP) is 3.47. The van der Waals surface area contributed by atoms with Gasteiger partial charge in [-0.15, -0.1) is 0 Å². The van der Waals surface area contributed by atoms with Crippen LogP contribution in [0.25, 0.3) is 16.5 Å². The summed E-state index contributed by atoms with van der Waals surface area (Å²) in [5.74, 6) is 0.695. The van der Waals surface area contributed by atoms with Crippen LogP contribution in [0, 0.1) is 11.8 Å². The summed E-state index contributed by atoms with van der Waals surface area (Å²) < 4.78 is 0. The largest absolute Gasteiger partial charge is 0.361 e. The third-order valence-corrected chi connectivity index (χ3v) is 5.62. The molecule has 1 atom stereocenters. The SMILES string of the molecule is CCN(CC)C(=O)C1C=C(c2cccc3[nH]cc(CN)c23)CN(CC(C)C)C1. The number of nitrogens with zero attached hydrogens (tertiary/aromatic N) is 2. The smallest absolute Gasteiger partial charge is 0.230 e. The van der Waals surface area contributed by atoms with Crippen LogP contribution in [-0.4, -0.2) is 53.4 Å². The zero-order valence-corrected chi connectivity index (χ0v) is 17.7. The van der Waals surface area contributed by atoms with Crippen molar-refractivity contribution in [3.63, 3.8) is 0 Å². The van der Waals surface area contributed by atoms with Crippen molar-refractivity contribution in [2.75, 3.05) is 32.7 Å². The molecule has 1 aliphatic heterocycles. The lowest BCUT2D eigenvalue weighted by Crippen LogP contribution is -2.44. The van der Waals surface area contributed by atoms with Gasteiger partial charge in [0.05, 0.1) is 5.92 Å². The number of rotatable bonds is 7. The molecule has 1 amide bonds. The molecule has 3 rings (SSSR count). The summed E-state index contributed by atoms with van der Waals surface area (Å²) in [5.41, 5.74) is 10.7. The molecule has 0 bridgehead atoms. The fourth-order valence-electron chi connectivity index (χ4n) is 4.37. The van der Waals surface area contributed by atoms with E-state index in [0.29, 0.717) is 12.5 Å². The zero-order chi connectivity index (χ0) is 20.3. The number of hydrogen-bond acceptors (Lipinski definition) is 3. The van der Waals surface area contributed by atoms with Crippen LogP contribution in [0.15, 0.2) is 30.5 Å². The normalized spacial score (nSPS) is 17.9. The Labute approximate surface area is 168 Å². The van der Waals surface area contributed by atoms with Crippen LogP contribution in [0.1, 0.15) is 38.8 Å². The number of H-pyrrole nitrogens is 1. The highest BCUT2D eigenvalue weighted by Crippen LogP contribution is 2.32. The van der Waals surface area contributed by atoms with Gasteiger partial charge >= 0.3 is 0 Å². The maximum atomic E-state index is 13.1. The summed E-state index contributed by atoms with van der Waals surface area (Å²) in [7, 11) is 0. The highest BCUT2D eigenvalue weighted by Gasteiger charge is 2.29. The molecule has 0 saturated heterocycles. The van der Waals surface area contributed by atoms with E-state index in [2.05, 4.69) is 61.9 Å². The Morgan fingerprint density at radius 3 is 2.71 bits per heavy atom. The van der Waals surface area contributed by atoms with Crippen molar-refractivity contribution in [1.29, 1.82) is 0 Å². The van der Waals surface area contributed by atoms with Gasteiger partial charge in [-0.1, -0.05) is 32.1 Å². The second-order valence-corrected chi connectivity index (χ2v) is 8.14. The molecule has 5 heteroatoms. The molecule has 28 heavy (non-hydrogen) atoms. The Kier molecular flexibility index (Phi) is 6.57. The summed E-state index contributed by atoms with van der Waals surface area (Å²) in [4.78, 5) is 20.8. The van der Waals surface area contributed by atoms with E-state index in [-0.39, 0.29) is 11.8 Å². The molecule has 1 aliphatic rings. The molecule has 1 unspecified atom stereocenters. The van der Waals surface area contributed by atoms with Gasteiger partial charge in [-0.2, -0.15) is 0 Å². The third-order valence-electron chi connectivity index (χ3n) is 5.62. The summed E-state index contributed by atoms with van der Waals surface area (Å²) >= 11 is 0. The minimum absolute atomic E-state index is 0.0991. The van der Waals surface area contributed by atoms with E-state index in [1.54, 1.807) is 0 Å². The number of nitrogens with one attached hydrogen (secondary N) is 1. The van der Waals surface area contributed by atoms with E-state index in [1.807, 2.05) is 11.1 Å². The van der Waals surface area contributed by atoms with Gasteiger partial charge in [-0.3, -0.25) is 9.69 Å². The Balaban J connectivity index is 2.04. The van der Waals surface area contributed by atoms with Crippen molar-refractivity contribution >= 4 is 22.4 Å². The van der Waals surface area contributed by atoms with Crippen molar-refractivity contribution in [3.05, 3.63) is 41.6 Å². The monoisotopic (exact) mass is 382 g/mol. The van der Waals surface area contributed by atoms with Crippen LogP contribution in [0.2, 0.25) is 0 Å². The van der Waals surface area contributed by atoms with Gasteiger partial charge in [0.2, 0.25) is 5.91 Å². The molecule has 0 aliphatic carbocycles.